The van der Waals surface area contributed by atoms with Gasteiger partial charge in [-0.05, 0) is 49.2 Å². The minimum atomic E-state index is -0.849. The first-order valence-electron chi connectivity index (χ1n) is 9.14. The molecule has 1 aliphatic heterocycles. The third-order valence-electron chi connectivity index (χ3n) is 5.20. The van der Waals surface area contributed by atoms with Gasteiger partial charge in [0.1, 0.15) is 17.2 Å². The van der Waals surface area contributed by atoms with Gasteiger partial charge in [-0.1, -0.05) is 28.9 Å². The summed E-state index contributed by atoms with van der Waals surface area (Å²) in [5.74, 6) is -0.308. The summed E-state index contributed by atoms with van der Waals surface area (Å²) in [4.78, 5) is 28.1. The highest BCUT2D eigenvalue weighted by Crippen LogP contribution is 2.41. The summed E-state index contributed by atoms with van der Waals surface area (Å²) in [5.41, 5.74) is 1.30. The van der Waals surface area contributed by atoms with E-state index in [4.69, 9.17) is 20.5 Å². The highest BCUT2D eigenvalue weighted by molar-refractivity contribution is 6.32. The Kier molecular flexibility index (Phi) is 4.04. The zero-order valence-electron chi connectivity index (χ0n) is 15.9. The number of aromatic nitrogens is 1. The molecule has 0 fully saturated rings. The smallest absolute Gasteiger partial charge is 0.296 e. The molecule has 0 bridgehead atoms. The maximum absolute atomic E-state index is 13.5. The number of anilines is 1. The van der Waals surface area contributed by atoms with Gasteiger partial charge in [0.05, 0.1) is 17.0 Å². The Labute approximate surface area is 174 Å². The number of hydrogen-bond acceptors (Lipinski definition) is 5. The van der Waals surface area contributed by atoms with Gasteiger partial charge >= 0.3 is 0 Å². The first-order chi connectivity index (χ1) is 14.3. The Balaban J connectivity index is 1.83. The third-order valence-corrected chi connectivity index (χ3v) is 5.61. The molecule has 5 rings (SSSR count). The lowest BCUT2D eigenvalue weighted by atomic mass is 9.98. The fraction of sp³-hybridized carbons (Fsp3) is 0.136. The molecule has 2 aromatic carbocycles. The molecule has 1 aliphatic rings. The van der Waals surface area contributed by atoms with Crippen LogP contribution in [0.3, 0.4) is 0 Å². The van der Waals surface area contributed by atoms with Crippen molar-refractivity contribution in [1.82, 2.24) is 5.16 Å². The van der Waals surface area contributed by atoms with Gasteiger partial charge in [0.2, 0.25) is 5.76 Å². The molecule has 0 spiro atoms. The molecule has 30 heavy (non-hydrogen) atoms. The second kappa shape index (κ2) is 6.53. The lowest BCUT2D eigenvalue weighted by Gasteiger charge is -2.22. The van der Waals surface area contributed by atoms with Crippen LogP contribution in [-0.4, -0.2) is 11.1 Å². The van der Waals surface area contributed by atoms with Crippen LogP contribution in [0.4, 0.5) is 10.2 Å². The Morgan fingerprint density at radius 1 is 1.10 bits per heavy atom. The Hall–Kier alpha value is -3.45. The van der Waals surface area contributed by atoms with Gasteiger partial charge in [-0.3, -0.25) is 14.5 Å². The van der Waals surface area contributed by atoms with Crippen molar-refractivity contribution in [2.24, 2.45) is 0 Å². The van der Waals surface area contributed by atoms with Crippen LogP contribution in [0.15, 0.2) is 56.2 Å². The van der Waals surface area contributed by atoms with Crippen LogP contribution in [0.25, 0.3) is 11.0 Å². The molecule has 0 aliphatic carbocycles. The molecule has 150 valence electrons. The van der Waals surface area contributed by atoms with E-state index in [0.29, 0.717) is 16.3 Å². The lowest BCUT2D eigenvalue weighted by Crippen LogP contribution is -2.29. The standard InChI is InChI=1S/C22H14ClFN2O4/c1-10-7-16-14(9-15(10)23)20(27)18-19(12-3-5-13(24)6-4-12)26(22(28)21(18)29-16)17-8-11(2)30-25-17/h3-9,19H,1-2H3/t19-/m1/s1. The minimum absolute atomic E-state index is 0.0794. The van der Waals surface area contributed by atoms with Gasteiger partial charge in [-0.25, -0.2) is 4.39 Å². The van der Waals surface area contributed by atoms with Crippen LogP contribution >= 0.6 is 11.6 Å². The summed E-state index contributed by atoms with van der Waals surface area (Å²) in [6.45, 7) is 3.47. The highest BCUT2D eigenvalue weighted by atomic mass is 35.5. The molecule has 0 saturated carbocycles. The number of halogens is 2. The Morgan fingerprint density at radius 2 is 1.83 bits per heavy atom. The van der Waals surface area contributed by atoms with E-state index in [-0.39, 0.29) is 33.5 Å². The number of fused-ring (bicyclic) bond motifs is 2. The molecule has 6 nitrogen and oxygen atoms in total. The SMILES string of the molecule is Cc1cc(N2C(=O)c3oc4cc(C)c(Cl)cc4c(=O)c3[C@H]2c2ccc(F)cc2)no1. The van der Waals surface area contributed by atoms with Crippen LogP contribution in [0.5, 0.6) is 0 Å². The summed E-state index contributed by atoms with van der Waals surface area (Å²) in [6, 6.07) is 9.49. The van der Waals surface area contributed by atoms with Crippen LogP contribution < -0.4 is 10.3 Å². The summed E-state index contributed by atoms with van der Waals surface area (Å²) in [5, 5.41) is 4.63. The van der Waals surface area contributed by atoms with Gasteiger partial charge in [0.15, 0.2) is 11.2 Å². The van der Waals surface area contributed by atoms with Gasteiger partial charge in [-0.15, -0.1) is 0 Å². The first-order valence-corrected chi connectivity index (χ1v) is 9.52. The molecule has 4 aromatic rings. The maximum Gasteiger partial charge on any atom is 0.296 e. The number of carbonyl (C=O) groups is 1. The van der Waals surface area contributed by atoms with Crippen LogP contribution in [0.2, 0.25) is 5.02 Å². The molecule has 0 unspecified atom stereocenters. The van der Waals surface area contributed by atoms with E-state index in [9.17, 15) is 14.0 Å². The molecular weight excluding hydrogens is 411 g/mol. The second-order valence-corrected chi connectivity index (χ2v) is 7.60. The number of aryl methyl sites for hydroxylation is 2. The lowest BCUT2D eigenvalue weighted by molar-refractivity contribution is 0.0969. The van der Waals surface area contributed by atoms with Gasteiger partial charge in [0, 0.05) is 11.1 Å². The van der Waals surface area contributed by atoms with Crippen molar-refractivity contribution < 1.29 is 18.1 Å². The average molecular weight is 425 g/mol. The number of nitrogens with zero attached hydrogens (tertiary/aromatic N) is 2. The number of carbonyl (C=O) groups excluding carboxylic acids is 1. The largest absolute Gasteiger partial charge is 0.450 e. The fourth-order valence-electron chi connectivity index (χ4n) is 3.76. The monoisotopic (exact) mass is 424 g/mol. The number of benzene rings is 2. The quantitative estimate of drug-likeness (QED) is 0.455. The van der Waals surface area contributed by atoms with E-state index in [1.807, 2.05) is 0 Å². The number of rotatable bonds is 2. The second-order valence-electron chi connectivity index (χ2n) is 7.20. The molecule has 2 aromatic heterocycles. The van der Waals surface area contributed by atoms with Crippen molar-refractivity contribution in [2.45, 2.75) is 19.9 Å². The first kappa shape index (κ1) is 18.6. The van der Waals surface area contributed by atoms with Gasteiger partial charge in [-0.2, -0.15) is 0 Å². The summed E-state index contributed by atoms with van der Waals surface area (Å²) < 4.78 is 24.6. The summed E-state index contributed by atoms with van der Waals surface area (Å²) in [7, 11) is 0. The predicted molar refractivity (Wildman–Crippen MR) is 109 cm³/mol. The molecule has 8 heteroatoms. The van der Waals surface area contributed by atoms with Crippen molar-refractivity contribution in [3.63, 3.8) is 0 Å². The Morgan fingerprint density at radius 3 is 2.50 bits per heavy atom. The van der Waals surface area contributed by atoms with Gasteiger partial charge in [0.25, 0.3) is 5.91 Å². The molecule has 0 radical (unpaired) electrons. The summed E-state index contributed by atoms with van der Waals surface area (Å²) >= 11 is 6.22. The molecule has 1 amide bonds. The van der Waals surface area contributed by atoms with Crippen molar-refractivity contribution in [3.8, 4) is 0 Å². The van der Waals surface area contributed by atoms with Gasteiger partial charge < -0.3 is 8.94 Å². The molecule has 0 saturated heterocycles. The van der Waals surface area contributed by atoms with Crippen LogP contribution in [0, 0.1) is 19.7 Å². The van der Waals surface area contributed by atoms with Crippen molar-refractivity contribution in [1.29, 1.82) is 0 Å². The molecule has 1 atom stereocenters. The molecule has 3 heterocycles. The maximum atomic E-state index is 13.5. The van der Waals surface area contributed by atoms with E-state index < -0.39 is 17.8 Å². The third kappa shape index (κ3) is 2.66. The normalized spacial score (nSPS) is 15.8. The van der Waals surface area contributed by atoms with Crippen LogP contribution in [0.1, 0.15) is 39.0 Å². The van der Waals surface area contributed by atoms with E-state index in [0.717, 1.165) is 5.56 Å². The number of amides is 1. The van der Waals surface area contributed by atoms with E-state index in [2.05, 4.69) is 5.16 Å². The van der Waals surface area contributed by atoms with Crippen molar-refractivity contribution in [3.05, 3.63) is 91.7 Å². The fourth-order valence-corrected chi connectivity index (χ4v) is 3.92. The van der Waals surface area contributed by atoms with Crippen molar-refractivity contribution >= 4 is 34.3 Å². The van der Waals surface area contributed by atoms with Crippen LogP contribution in [-0.2, 0) is 0 Å². The zero-order valence-corrected chi connectivity index (χ0v) is 16.7. The zero-order chi connectivity index (χ0) is 21.2. The topological polar surface area (TPSA) is 76.6 Å². The Bertz CT molecular complexity index is 1390. The van der Waals surface area contributed by atoms with Crippen molar-refractivity contribution in [2.75, 3.05) is 4.90 Å². The minimum Gasteiger partial charge on any atom is -0.450 e. The molecular formula is C22H14ClFN2O4. The predicted octanol–water partition coefficient (Wildman–Crippen LogP) is 4.94. The molecule has 0 N–H and O–H groups in total. The highest BCUT2D eigenvalue weighted by Gasteiger charge is 2.44. The summed E-state index contributed by atoms with van der Waals surface area (Å²) in [6.07, 6.45) is 0. The average Bonchev–Trinajstić information content (AvgIpc) is 3.26. The van der Waals surface area contributed by atoms with E-state index in [1.165, 1.54) is 35.2 Å². The number of hydrogen-bond donors (Lipinski definition) is 0. The van der Waals surface area contributed by atoms with E-state index in [1.54, 1.807) is 26.0 Å². The van der Waals surface area contributed by atoms with E-state index >= 15 is 0 Å².